The molecule has 0 unspecified atom stereocenters. The molecule has 2 rings (SSSR count). The van der Waals surface area contributed by atoms with E-state index in [2.05, 4.69) is 15.3 Å². The number of hydrogen-bond donors (Lipinski definition) is 1. The van der Waals surface area contributed by atoms with Gasteiger partial charge in [-0.25, -0.2) is 9.97 Å². The van der Waals surface area contributed by atoms with Crippen molar-refractivity contribution in [1.29, 1.82) is 0 Å². The lowest BCUT2D eigenvalue weighted by atomic mass is 10.2. The van der Waals surface area contributed by atoms with Gasteiger partial charge in [-0.1, -0.05) is 0 Å². The molecule has 2 aromatic heterocycles. The van der Waals surface area contributed by atoms with Crippen molar-refractivity contribution >= 4 is 11.8 Å². The number of nitrogens with one attached hydrogen (secondary N) is 1. The molecule has 0 bridgehead atoms. The van der Waals surface area contributed by atoms with Crippen LogP contribution in [0.5, 0.6) is 0 Å². The van der Waals surface area contributed by atoms with E-state index in [-0.39, 0.29) is 12.5 Å². The van der Waals surface area contributed by atoms with Crippen LogP contribution in [0, 0.1) is 0 Å². The molecule has 0 amide bonds. The van der Waals surface area contributed by atoms with Gasteiger partial charge < -0.3 is 14.5 Å². The lowest BCUT2D eigenvalue weighted by molar-refractivity contribution is -0.140. The van der Waals surface area contributed by atoms with E-state index in [9.17, 15) is 4.79 Å². The minimum atomic E-state index is -0.319. The molecule has 0 saturated heterocycles. The summed E-state index contributed by atoms with van der Waals surface area (Å²) in [5, 5.41) is 2.88. The summed E-state index contributed by atoms with van der Waals surface area (Å²) in [4.78, 5) is 19.3. The Bertz CT molecular complexity index is 511. The van der Waals surface area contributed by atoms with E-state index in [1.165, 1.54) is 6.33 Å². The average Bonchev–Trinajstić information content (AvgIpc) is 2.91. The number of nitrogens with zero attached hydrogens (tertiary/aromatic N) is 2. The van der Waals surface area contributed by atoms with Crippen LogP contribution in [0.1, 0.15) is 6.92 Å². The monoisotopic (exact) mass is 247 g/mol. The summed E-state index contributed by atoms with van der Waals surface area (Å²) in [6.45, 7) is 2.21. The topological polar surface area (TPSA) is 77.2 Å². The van der Waals surface area contributed by atoms with Gasteiger partial charge in [0.1, 0.15) is 18.7 Å². The van der Waals surface area contributed by atoms with E-state index in [1.807, 2.05) is 0 Å². The van der Waals surface area contributed by atoms with Gasteiger partial charge in [0.05, 0.1) is 24.8 Å². The van der Waals surface area contributed by atoms with Crippen molar-refractivity contribution in [2.75, 3.05) is 18.5 Å². The van der Waals surface area contributed by atoms with Crippen LogP contribution >= 0.6 is 0 Å². The quantitative estimate of drug-likeness (QED) is 0.810. The molecule has 0 aliphatic heterocycles. The van der Waals surface area contributed by atoms with Crippen LogP contribution in [0.2, 0.25) is 0 Å². The van der Waals surface area contributed by atoms with Crippen LogP contribution in [0.4, 0.5) is 5.82 Å². The number of anilines is 1. The molecule has 0 aliphatic carbocycles. The van der Waals surface area contributed by atoms with Gasteiger partial charge in [-0.3, -0.25) is 4.79 Å². The van der Waals surface area contributed by atoms with Crippen LogP contribution in [0.25, 0.3) is 11.3 Å². The van der Waals surface area contributed by atoms with Gasteiger partial charge in [0.2, 0.25) is 0 Å². The Morgan fingerprint density at radius 3 is 3.11 bits per heavy atom. The highest BCUT2D eigenvalue weighted by Gasteiger charge is 2.05. The minimum absolute atomic E-state index is 0.0790. The van der Waals surface area contributed by atoms with Crippen molar-refractivity contribution in [2.45, 2.75) is 6.92 Å². The average molecular weight is 247 g/mol. The Labute approximate surface area is 104 Å². The van der Waals surface area contributed by atoms with Crippen molar-refractivity contribution in [2.24, 2.45) is 0 Å². The number of rotatable bonds is 5. The van der Waals surface area contributed by atoms with E-state index < -0.39 is 0 Å². The first-order valence-electron chi connectivity index (χ1n) is 5.53. The Balaban J connectivity index is 2.02. The number of hydrogen-bond acceptors (Lipinski definition) is 6. The maximum Gasteiger partial charge on any atom is 0.325 e. The molecule has 94 valence electrons. The lowest BCUT2D eigenvalue weighted by Gasteiger charge is -2.05. The summed E-state index contributed by atoms with van der Waals surface area (Å²) in [5.41, 5.74) is 1.58. The summed E-state index contributed by atoms with van der Waals surface area (Å²) in [6, 6.07) is 3.54. The standard InChI is InChI=1S/C12H13N3O3/c1-2-18-12(16)6-13-11-5-10(14-8-15-11)9-3-4-17-7-9/h3-5,7-8H,2,6H2,1H3,(H,13,14,15). The smallest absolute Gasteiger partial charge is 0.325 e. The fourth-order valence-electron chi connectivity index (χ4n) is 1.40. The van der Waals surface area contributed by atoms with Gasteiger partial charge in [0.15, 0.2) is 0 Å². The molecule has 2 heterocycles. The maximum atomic E-state index is 11.2. The van der Waals surface area contributed by atoms with Gasteiger partial charge in [0, 0.05) is 11.6 Å². The SMILES string of the molecule is CCOC(=O)CNc1cc(-c2ccoc2)ncn1. The third-order valence-corrected chi connectivity index (χ3v) is 2.20. The molecule has 6 nitrogen and oxygen atoms in total. The first kappa shape index (κ1) is 12.1. The third-order valence-electron chi connectivity index (χ3n) is 2.20. The molecule has 1 N–H and O–H groups in total. The van der Waals surface area contributed by atoms with E-state index in [4.69, 9.17) is 9.15 Å². The predicted molar refractivity (Wildman–Crippen MR) is 64.9 cm³/mol. The van der Waals surface area contributed by atoms with Crippen LogP contribution in [-0.2, 0) is 9.53 Å². The highest BCUT2D eigenvalue weighted by molar-refractivity contribution is 5.74. The summed E-state index contributed by atoms with van der Waals surface area (Å²) in [6.07, 6.45) is 4.59. The van der Waals surface area contributed by atoms with E-state index in [0.717, 1.165) is 11.3 Å². The Hall–Kier alpha value is -2.37. The fourth-order valence-corrected chi connectivity index (χ4v) is 1.40. The van der Waals surface area contributed by atoms with E-state index >= 15 is 0 Å². The van der Waals surface area contributed by atoms with Gasteiger partial charge in [0.25, 0.3) is 0 Å². The summed E-state index contributed by atoms with van der Waals surface area (Å²) >= 11 is 0. The zero-order valence-corrected chi connectivity index (χ0v) is 9.92. The number of carbonyl (C=O) groups excluding carboxylic acids is 1. The molecule has 0 aliphatic rings. The molecule has 0 aromatic carbocycles. The normalized spacial score (nSPS) is 10.1. The Morgan fingerprint density at radius 1 is 1.50 bits per heavy atom. The Morgan fingerprint density at radius 2 is 2.39 bits per heavy atom. The maximum absolute atomic E-state index is 11.2. The summed E-state index contributed by atoms with van der Waals surface area (Å²) in [5.74, 6) is 0.246. The predicted octanol–water partition coefficient (Wildman–Crippen LogP) is 1.71. The molecular weight excluding hydrogens is 234 g/mol. The number of ether oxygens (including phenoxy) is 1. The van der Waals surface area contributed by atoms with Crippen LogP contribution < -0.4 is 5.32 Å². The van der Waals surface area contributed by atoms with Gasteiger partial charge >= 0.3 is 5.97 Å². The largest absolute Gasteiger partial charge is 0.472 e. The molecule has 0 fully saturated rings. The Kier molecular flexibility index (Phi) is 3.90. The van der Waals surface area contributed by atoms with Crippen LogP contribution in [0.15, 0.2) is 35.4 Å². The molecule has 0 atom stereocenters. The van der Waals surface area contributed by atoms with Crippen molar-refractivity contribution in [3.63, 3.8) is 0 Å². The first-order chi connectivity index (χ1) is 8.79. The lowest BCUT2D eigenvalue weighted by Crippen LogP contribution is -2.17. The molecule has 6 heteroatoms. The second kappa shape index (κ2) is 5.81. The second-order valence-electron chi connectivity index (χ2n) is 3.46. The van der Waals surface area contributed by atoms with Crippen molar-refractivity contribution < 1.29 is 13.9 Å². The second-order valence-corrected chi connectivity index (χ2v) is 3.46. The molecule has 0 saturated carbocycles. The zero-order valence-electron chi connectivity index (χ0n) is 9.92. The fraction of sp³-hybridized carbons (Fsp3) is 0.250. The van der Waals surface area contributed by atoms with Crippen LogP contribution in [-0.4, -0.2) is 29.1 Å². The number of furan rings is 1. The number of esters is 1. The van der Waals surface area contributed by atoms with Crippen LogP contribution in [0.3, 0.4) is 0 Å². The molecule has 0 radical (unpaired) electrons. The van der Waals surface area contributed by atoms with Gasteiger partial charge in [-0.15, -0.1) is 0 Å². The van der Waals surface area contributed by atoms with Crippen molar-refractivity contribution in [3.8, 4) is 11.3 Å². The zero-order chi connectivity index (χ0) is 12.8. The van der Waals surface area contributed by atoms with Gasteiger partial charge in [-0.05, 0) is 13.0 Å². The molecule has 18 heavy (non-hydrogen) atoms. The van der Waals surface area contributed by atoms with Gasteiger partial charge in [-0.2, -0.15) is 0 Å². The highest BCUT2D eigenvalue weighted by atomic mass is 16.5. The van der Waals surface area contributed by atoms with Crippen molar-refractivity contribution in [3.05, 3.63) is 31.0 Å². The van der Waals surface area contributed by atoms with E-state index in [1.54, 1.807) is 31.6 Å². The van der Waals surface area contributed by atoms with E-state index in [0.29, 0.717) is 12.4 Å². The minimum Gasteiger partial charge on any atom is -0.472 e. The molecule has 0 spiro atoms. The number of aromatic nitrogens is 2. The van der Waals surface area contributed by atoms with Crippen molar-refractivity contribution in [1.82, 2.24) is 9.97 Å². The summed E-state index contributed by atoms with van der Waals surface area (Å²) < 4.78 is 9.79. The summed E-state index contributed by atoms with van der Waals surface area (Å²) in [7, 11) is 0. The highest BCUT2D eigenvalue weighted by Crippen LogP contribution is 2.18. The third kappa shape index (κ3) is 3.07. The first-order valence-corrected chi connectivity index (χ1v) is 5.53. The molecular formula is C12H13N3O3. The molecule has 2 aromatic rings. The number of carbonyl (C=O) groups is 1.